The van der Waals surface area contributed by atoms with Crippen molar-refractivity contribution >= 4 is 11.3 Å². The van der Waals surface area contributed by atoms with Gasteiger partial charge in [-0.1, -0.05) is 12.1 Å². The minimum atomic E-state index is 0.588. The fraction of sp³-hybridized carbons (Fsp3) is 0.333. The maximum atomic E-state index is 5.29. The van der Waals surface area contributed by atoms with Gasteiger partial charge in [0.25, 0.3) is 0 Å². The average molecular weight is 259 g/mol. The van der Waals surface area contributed by atoms with Crippen molar-refractivity contribution in [2.24, 2.45) is 0 Å². The molecule has 0 saturated carbocycles. The predicted octanol–water partition coefficient (Wildman–Crippen LogP) is 3.46. The van der Waals surface area contributed by atoms with Crippen molar-refractivity contribution < 1.29 is 4.74 Å². The highest BCUT2D eigenvalue weighted by atomic mass is 32.1. The van der Waals surface area contributed by atoms with Crippen LogP contribution in [0.5, 0.6) is 5.75 Å². The van der Waals surface area contributed by atoms with Crippen LogP contribution in [0.2, 0.25) is 0 Å². The van der Waals surface area contributed by atoms with Gasteiger partial charge in [-0.15, -0.1) is 11.3 Å². The van der Waals surface area contributed by atoms with Crippen LogP contribution in [0.15, 0.2) is 30.3 Å². The molecule has 1 unspecified atom stereocenters. The first-order valence-corrected chi connectivity index (χ1v) is 7.07. The third-order valence-corrected chi connectivity index (χ3v) is 4.61. The second-order valence-electron chi connectivity index (χ2n) is 4.78. The van der Waals surface area contributed by atoms with Crippen molar-refractivity contribution in [3.05, 3.63) is 40.8 Å². The highest BCUT2D eigenvalue weighted by Crippen LogP contribution is 2.35. The largest absolute Gasteiger partial charge is 0.497 e. The van der Waals surface area contributed by atoms with Crippen molar-refractivity contribution in [2.45, 2.75) is 25.9 Å². The van der Waals surface area contributed by atoms with Gasteiger partial charge in [0.15, 0.2) is 0 Å². The zero-order chi connectivity index (χ0) is 12.5. The number of nitrogens with one attached hydrogen (secondary N) is 1. The van der Waals surface area contributed by atoms with Gasteiger partial charge in [-0.25, -0.2) is 0 Å². The number of benzene rings is 1. The van der Waals surface area contributed by atoms with Crippen molar-refractivity contribution in [3.8, 4) is 16.2 Å². The zero-order valence-corrected chi connectivity index (χ0v) is 11.5. The van der Waals surface area contributed by atoms with Gasteiger partial charge in [0, 0.05) is 22.3 Å². The molecule has 2 heterocycles. The van der Waals surface area contributed by atoms with Crippen LogP contribution in [0.1, 0.15) is 17.4 Å². The molecule has 0 bridgehead atoms. The topological polar surface area (TPSA) is 21.3 Å². The molecule has 3 heteroatoms. The van der Waals surface area contributed by atoms with Crippen LogP contribution in [-0.2, 0) is 13.0 Å². The van der Waals surface area contributed by atoms with Gasteiger partial charge in [0.2, 0.25) is 0 Å². The maximum absolute atomic E-state index is 5.29. The third kappa shape index (κ3) is 2.16. The van der Waals surface area contributed by atoms with Gasteiger partial charge in [0.1, 0.15) is 5.75 Å². The number of fused-ring (bicyclic) bond motifs is 1. The Bertz CT molecular complexity index is 561. The molecule has 0 fully saturated rings. The minimum absolute atomic E-state index is 0.588. The summed E-state index contributed by atoms with van der Waals surface area (Å²) in [7, 11) is 1.71. The average Bonchev–Trinajstić information content (AvgIpc) is 2.81. The van der Waals surface area contributed by atoms with Crippen LogP contribution in [0, 0.1) is 0 Å². The first kappa shape index (κ1) is 11.8. The molecule has 1 aromatic carbocycles. The van der Waals surface area contributed by atoms with Crippen molar-refractivity contribution in [2.75, 3.05) is 7.11 Å². The molecule has 1 aromatic heterocycles. The summed E-state index contributed by atoms with van der Waals surface area (Å²) in [4.78, 5) is 2.82. The Morgan fingerprint density at radius 2 is 2.22 bits per heavy atom. The molecular weight excluding hydrogens is 242 g/mol. The van der Waals surface area contributed by atoms with Gasteiger partial charge in [0.05, 0.1) is 7.11 Å². The summed E-state index contributed by atoms with van der Waals surface area (Å²) < 4.78 is 5.29. The Kier molecular flexibility index (Phi) is 3.10. The molecule has 3 rings (SSSR count). The van der Waals surface area contributed by atoms with E-state index in [9.17, 15) is 0 Å². The van der Waals surface area contributed by atoms with E-state index in [1.165, 1.54) is 20.9 Å². The lowest BCUT2D eigenvalue weighted by molar-refractivity contribution is 0.415. The Labute approximate surface area is 112 Å². The van der Waals surface area contributed by atoms with Crippen molar-refractivity contribution in [3.63, 3.8) is 0 Å². The molecule has 94 valence electrons. The molecule has 1 aliphatic heterocycles. The fourth-order valence-corrected chi connectivity index (χ4v) is 3.52. The van der Waals surface area contributed by atoms with Gasteiger partial charge in [-0.3, -0.25) is 0 Å². The van der Waals surface area contributed by atoms with Gasteiger partial charge < -0.3 is 10.1 Å². The summed E-state index contributed by atoms with van der Waals surface area (Å²) in [6.07, 6.45) is 1.13. The predicted molar refractivity (Wildman–Crippen MR) is 76.3 cm³/mol. The second kappa shape index (κ2) is 4.75. The van der Waals surface area contributed by atoms with Crippen LogP contribution in [0.4, 0.5) is 0 Å². The molecule has 2 nitrogen and oxygen atoms in total. The summed E-state index contributed by atoms with van der Waals surface area (Å²) >= 11 is 1.89. The van der Waals surface area contributed by atoms with Crippen molar-refractivity contribution in [1.29, 1.82) is 0 Å². The molecule has 0 radical (unpaired) electrons. The summed E-state index contributed by atoms with van der Waals surface area (Å²) in [5.41, 5.74) is 2.76. The van der Waals surface area contributed by atoms with Gasteiger partial charge in [-0.05, 0) is 42.7 Å². The summed E-state index contributed by atoms with van der Waals surface area (Å²) in [5.74, 6) is 0.922. The van der Waals surface area contributed by atoms with E-state index in [0.29, 0.717) is 6.04 Å². The van der Waals surface area contributed by atoms with Crippen LogP contribution in [0.25, 0.3) is 10.4 Å². The molecule has 1 aliphatic rings. The number of hydrogen-bond donors (Lipinski definition) is 1. The number of methoxy groups -OCH3 is 1. The number of rotatable bonds is 2. The number of thiophene rings is 1. The number of ether oxygens (including phenoxy) is 1. The molecule has 0 spiro atoms. The van der Waals surface area contributed by atoms with Crippen LogP contribution in [0.3, 0.4) is 0 Å². The van der Waals surface area contributed by atoms with E-state index in [1.807, 2.05) is 23.5 Å². The molecule has 18 heavy (non-hydrogen) atoms. The zero-order valence-electron chi connectivity index (χ0n) is 10.7. The Balaban J connectivity index is 1.97. The van der Waals surface area contributed by atoms with Gasteiger partial charge >= 0.3 is 0 Å². The smallest absolute Gasteiger partial charge is 0.119 e. The molecule has 1 atom stereocenters. The molecule has 2 aromatic rings. The maximum Gasteiger partial charge on any atom is 0.119 e. The van der Waals surface area contributed by atoms with E-state index in [1.54, 1.807) is 7.11 Å². The van der Waals surface area contributed by atoms with E-state index < -0.39 is 0 Å². The first-order chi connectivity index (χ1) is 8.76. The standard InChI is InChI=1S/C15H17NOS/c1-10-6-12-8-14(18-15(12)9-16-10)11-4-3-5-13(7-11)17-2/h3-5,7-8,10,16H,6,9H2,1-2H3. The quantitative estimate of drug-likeness (QED) is 0.892. The second-order valence-corrected chi connectivity index (χ2v) is 5.91. The first-order valence-electron chi connectivity index (χ1n) is 6.25. The molecule has 0 amide bonds. The molecule has 1 N–H and O–H groups in total. The lowest BCUT2D eigenvalue weighted by atomic mass is 10.0. The summed E-state index contributed by atoms with van der Waals surface area (Å²) in [5, 5.41) is 3.51. The van der Waals surface area contributed by atoms with E-state index in [2.05, 4.69) is 30.4 Å². The fourth-order valence-electron chi connectivity index (χ4n) is 2.38. The summed E-state index contributed by atoms with van der Waals surface area (Å²) in [6.45, 7) is 3.25. The third-order valence-electron chi connectivity index (χ3n) is 3.39. The molecule has 0 aliphatic carbocycles. The normalized spacial score (nSPS) is 18.4. The van der Waals surface area contributed by atoms with E-state index >= 15 is 0 Å². The van der Waals surface area contributed by atoms with Crippen LogP contribution < -0.4 is 10.1 Å². The molecular formula is C15H17NOS. The molecule has 0 saturated heterocycles. The number of hydrogen-bond acceptors (Lipinski definition) is 3. The minimum Gasteiger partial charge on any atom is -0.497 e. The van der Waals surface area contributed by atoms with Crippen molar-refractivity contribution in [1.82, 2.24) is 5.32 Å². The van der Waals surface area contributed by atoms with E-state index in [0.717, 1.165) is 18.7 Å². The lowest BCUT2D eigenvalue weighted by Crippen LogP contribution is -2.31. The lowest BCUT2D eigenvalue weighted by Gasteiger charge is -2.19. The highest BCUT2D eigenvalue weighted by Gasteiger charge is 2.18. The van der Waals surface area contributed by atoms with E-state index in [-0.39, 0.29) is 0 Å². The highest BCUT2D eigenvalue weighted by molar-refractivity contribution is 7.15. The Hall–Kier alpha value is -1.32. The Morgan fingerprint density at radius 1 is 1.33 bits per heavy atom. The summed E-state index contributed by atoms with van der Waals surface area (Å²) in [6, 6.07) is 11.2. The Morgan fingerprint density at radius 3 is 3.06 bits per heavy atom. The monoisotopic (exact) mass is 259 g/mol. The van der Waals surface area contributed by atoms with Crippen LogP contribution >= 0.6 is 11.3 Å². The van der Waals surface area contributed by atoms with E-state index in [4.69, 9.17) is 4.74 Å². The van der Waals surface area contributed by atoms with Gasteiger partial charge in [-0.2, -0.15) is 0 Å². The van der Waals surface area contributed by atoms with Crippen LogP contribution in [-0.4, -0.2) is 13.2 Å². The SMILES string of the molecule is COc1cccc(-c2cc3c(s2)CNC(C)C3)c1.